The highest BCUT2D eigenvalue weighted by atomic mass is 16.5. The number of hydrogen-bond donors (Lipinski definition) is 1. The van der Waals surface area contributed by atoms with Gasteiger partial charge in [-0.1, -0.05) is 0 Å². The first-order valence-corrected chi connectivity index (χ1v) is 5.58. The fourth-order valence-electron chi connectivity index (χ4n) is 1.42. The number of phenols is 1. The smallest absolute Gasteiger partial charge is 0.337 e. The molecule has 0 spiro atoms. The van der Waals surface area contributed by atoms with Crippen molar-refractivity contribution in [1.29, 1.82) is 0 Å². The zero-order valence-electron chi connectivity index (χ0n) is 10.3. The van der Waals surface area contributed by atoms with Crippen LogP contribution in [0.4, 0.5) is 11.4 Å². The van der Waals surface area contributed by atoms with Crippen LogP contribution in [0.3, 0.4) is 0 Å². The van der Waals surface area contributed by atoms with Crippen molar-refractivity contribution in [3.63, 3.8) is 0 Å². The summed E-state index contributed by atoms with van der Waals surface area (Å²) < 4.78 is 4.60. The highest BCUT2D eigenvalue weighted by molar-refractivity contribution is 5.89. The minimum absolute atomic E-state index is 0.182. The Hall–Kier alpha value is -2.69. The summed E-state index contributed by atoms with van der Waals surface area (Å²) >= 11 is 0. The van der Waals surface area contributed by atoms with Crippen molar-refractivity contribution < 1.29 is 14.6 Å². The van der Waals surface area contributed by atoms with Gasteiger partial charge in [-0.15, -0.1) is 0 Å². The summed E-state index contributed by atoms with van der Waals surface area (Å²) in [4.78, 5) is 11.2. The molecule has 2 aromatic rings. The first-order valence-electron chi connectivity index (χ1n) is 5.58. The van der Waals surface area contributed by atoms with E-state index in [0.717, 1.165) is 0 Å². The number of rotatable bonds is 3. The number of esters is 1. The van der Waals surface area contributed by atoms with Crippen molar-refractivity contribution in [3.8, 4) is 5.75 Å². The maximum absolute atomic E-state index is 11.2. The molecular formula is C14H12N2O3. The van der Waals surface area contributed by atoms with Gasteiger partial charge < -0.3 is 9.84 Å². The SMILES string of the molecule is COC(=O)c1ccc(/N=N/c2ccc(O)cc2)cc1. The lowest BCUT2D eigenvalue weighted by Gasteiger charge is -1.98. The van der Waals surface area contributed by atoms with Crippen LogP contribution < -0.4 is 0 Å². The third-order valence-corrected chi connectivity index (χ3v) is 2.42. The highest BCUT2D eigenvalue weighted by Crippen LogP contribution is 2.20. The molecule has 0 aliphatic carbocycles. The molecule has 0 heterocycles. The Balaban J connectivity index is 2.11. The molecule has 0 radical (unpaired) electrons. The van der Waals surface area contributed by atoms with Gasteiger partial charge in [-0.3, -0.25) is 0 Å². The first kappa shape index (κ1) is 12.8. The quantitative estimate of drug-likeness (QED) is 0.673. The van der Waals surface area contributed by atoms with Gasteiger partial charge in [-0.2, -0.15) is 10.2 Å². The van der Waals surface area contributed by atoms with Gasteiger partial charge in [-0.05, 0) is 48.5 Å². The van der Waals surface area contributed by atoms with Gasteiger partial charge in [0.1, 0.15) is 5.75 Å². The van der Waals surface area contributed by atoms with Crippen LogP contribution >= 0.6 is 0 Å². The molecule has 0 aromatic heterocycles. The Morgan fingerprint density at radius 3 is 1.89 bits per heavy atom. The number of carbonyl (C=O) groups excluding carboxylic acids is 1. The molecule has 0 bridgehead atoms. The van der Waals surface area contributed by atoms with Gasteiger partial charge in [0, 0.05) is 0 Å². The molecule has 0 aliphatic rings. The first-order chi connectivity index (χ1) is 9.19. The third kappa shape index (κ3) is 3.38. The Morgan fingerprint density at radius 1 is 0.947 bits per heavy atom. The average Bonchev–Trinajstić information content (AvgIpc) is 2.46. The number of aromatic hydroxyl groups is 1. The molecule has 0 aliphatic heterocycles. The Kier molecular flexibility index (Phi) is 3.87. The number of ether oxygens (including phenoxy) is 1. The monoisotopic (exact) mass is 256 g/mol. The van der Waals surface area contributed by atoms with Crippen molar-refractivity contribution in [1.82, 2.24) is 0 Å². The maximum atomic E-state index is 11.2. The van der Waals surface area contributed by atoms with Crippen LogP contribution in [0.25, 0.3) is 0 Å². The standard InChI is InChI=1S/C14H12N2O3/c1-19-14(18)10-2-4-11(5-3-10)15-16-12-6-8-13(17)9-7-12/h2-9,17H,1H3/b16-15+. The Morgan fingerprint density at radius 2 is 1.42 bits per heavy atom. The topological polar surface area (TPSA) is 71.2 Å². The van der Waals surface area contributed by atoms with Crippen LogP contribution in [0.2, 0.25) is 0 Å². The van der Waals surface area contributed by atoms with Gasteiger partial charge in [0.05, 0.1) is 24.0 Å². The average molecular weight is 256 g/mol. The van der Waals surface area contributed by atoms with E-state index in [1.54, 1.807) is 36.4 Å². The molecule has 0 saturated heterocycles. The summed E-state index contributed by atoms with van der Waals surface area (Å²) in [5, 5.41) is 17.2. The predicted octanol–water partition coefficient (Wildman–Crippen LogP) is 3.59. The molecule has 0 saturated carbocycles. The van der Waals surface area contributed by atoms with Gasteiger partial charge in [0.25, 0.3) is 0 Å². The number of hydrogen-bond acceptors (Lipinski definition) is 5. The summed E-state index contributed by atoms with van der Waals surface area (Å²) in [5.74, 6) is -0.205. The number of carbonyl (C=O) groups is 1. The van der Waals surface area contributed by atoms with E-state index in [4.69, 9.17) is 5.11 Å². The lowest BCUT2D eigenvalue weighted by Crippen LogP contribution is -1.99. The summed E-state index contributed by atoms with van der Waals surface area (Å²) in [7, 11) is 1.33. The second-order valence-corrected chi connectivity index (χ2v) is 3.75. The Labute approximate surface area is 110 Å². The molecule has 19 heavy (non-hydrogen) atoms. The van der Waals surface area contributed by atoms with Crippen LogP contribution in [0.5, 0.6) is 5.75 Å². The van der Waals surface area contributed by atoms with Crippen molar-refractivity contribution in [2.45, 2.75) is 0 Å². The summed E-state index contributed by atoms with van der Waals surface area (Å²) in [6.07, 6.45) is 0. The van der Waals surface area contributed by atoms with Gasteiger partial charge >= 0.3 is 5.97 Å². The number of azo groups is 1. The van der Waals surface area contributed by atoms with E-state index < -0.39 is 0 Å². The molecule has 5 heteroatoms. The second kappa shape index (κ2) is 5.77. The molecule has 0 atom stereocenters. The second-order valence-electron chi connectivity index (χ2n) is 3.75. The van der Waals surface area contributed by atoms with Crippen molar-refractivity contribution >= 4 is 17.3 Å². The van der Waals surface area contributed by atoms with Crippen molar-refractivity contribution in [2.24, 2.45) is 10.2 Å². The summed E-state index contributed by atoms with van der Waals surface area (Å²) in [6.45, 7) is 0. The van der Waals surface area contributed by atoms with Crippen molar-refractivity contribution in [2.75, 3.05) is 7.11 Å². The largest absolute Gasteiger partial charge is 0.508 e. The van der Waals surface area contributed by atoms with Crippen LogP contribution in [0, 0.1) is 0 Å². The van der Waals surface area contributed by atoms with Gasteiger partial charge in [-0.25, -0.2) is 4.79 Å². The summed E-state index contributed by atoms with van der Waals surface area (Å²) in [5.41, 5.74) is 1.72. The van der Waals surface area contributed by atoms with E-state index in [1.165, 1.54) is 19.2 Å². The molecule has 96 valence electrons. The minimum Gasteiger partial charge on any atom is -0.508 e. The number of benzene rings is 2. The lowest BCUT2D eigenvalue weighted by atomic mass is 10.2. The zero-order valence-corrected chi connectivity index (χ0v) is 10.3. The number of methoxy groups -OCH3 is 1. The predicted molar refractivity (Wildman–Crippen MR) is 70.1 cm³/mol. The highest BCUT2D eigenvalue weighted by Gasteiger charge is 2.03. The van der Waals surface area contributed by atoms with Crippen LogP contribution in [-0.4, -0.2) is 18.2 Å². The minimum atomic E-state index is -0.387. The van der Waals surface area contributed by atoms with Gasteiger partial charge in [0.2, 0.25) is 0 Å². The van der Waals surface area contributed by atoms with Crippen LogP contribution in [0.15, 0.2) is 58.8 Å². The molecule has 1 N–H and O–H groups in total. The van der Waals surface area contributed by atoms with Crippen LogP contribution in [0.1, 0.15) is 10.4 Å². The third-order valence-electron chi connectivity index (χ3n) is 2.42. The molecule has 0 amide bonds. The molecule has 2 aromatic carbocycles. The molecule has 5 nitrogen and oxygen atoms in total. The molecular weight excluding hydrogens is 244 g/mol. The maximum Gasteiger partial charge on any atom is 0.337 e. The van der Waals surface area contributed by atoms with E-state index >= 15 is 0 Å². The lowest BCUT2D eigenvalue weighted by molar-refractivity contribution is 0.0601. The zero-order chi connectivity index (χ0) is 13.7. The molecule has 2 rings (SSSR count). The molecule has 0 unspecified atom stereocenters. The number of phenolic OH excluding ortho intramolecular Hbond substituents is 1. The normalized spacial score (nSPS) is 10.6. The van der Waals surface area contributed by atoms with E-state index in [0.29, 0.717) is 16.9 Å². The Bertz CT molecular complexity index is 589. The fraction of sp³-hybridized carbons (Fsp3) is 0.0714. The van der Waals surface area contributed by atoms with Crippen LogP contribution in [-0.2, 0) is 4.74 Å². The van der Waals surface area contributed by atoms with Crippen molar-refractivity contribution in [3.05, 3.63) is 54.1 Å². The van der Waals surface area contributed by atoms with E-state index in [9.17, 15) is 4.79 Å². The van der Waals surface area contributed by atoms with E-state index in [-0.39, 0.29) is 11.7 Å². The molecule has 0 fully saturated rings. The van der Waals surface area contributed by atoms with Gasteiger partial charge in [0.15, 0.2) is 0 Å². The van der Waals surface area contributed by atoms with E-state index in [1.807, 2.05) is 0 Å². The number of nitrogens with zero attached hydrogens (tertiary/aromatic N) is 2. The van der Waals surface area contributed by atoms with E-state index in [2.05, 4.69) is 15.0 Å². The fourth-order valence-corrected chi connectivity index (χ4v) is 1.42. The summed E-state index contributed by atoms with van der Waals surface area (Å²) in [6, 6.07) is 13.0.